The van der Waals surface area contributed by atoms with Crippen LogP contribution in [0.5, 0.6) is 0 Å². The first-order valence-corrected chi connectivity index (χ1v) is 3.04. The quantitative estimate of drug-likeness (QED) is 0.284. The Morgan fingerprint density at radius 2 is 2.44 bits per heavy atom. The number of hydrogen-bond acceptors (Lipinski definition) is 3. The van der Waals surface area contributed by atoms with Crippen molar-refractivity contribution in [1.82, 2.24) is 0 Å². The van der Waals surface area contributed by atoms with E-state index in [2.05, 4.69) is 19.0 Å². The number of aliphatic imine (C=N–C) groups is 1. The smallest absolute Gasteiger partial charge is 0.363 e. The summed E-state index contributed by atoms with van der Waals surface area (Å²) in [5, 5.41) is 0. The first-order valence-electron chi connectivity index (χ1n) is 2.46. The summed E-state index contributed by atoms with van der Waals surface area (Å²) in [6.45, 7) is 1.74. The average molecular weight is 143 g/mol. The largest absolute Gasteiger partial charge is 0.403 e. The molecule has 1 rings (SSSR count). The zero-order valence-corrected chi connectivity index (χ0v) is 6.07. The molecule has 1 unspecified atom stereocenters. The van der Waals surface area contributed by atoms with E-state index in [1.165, 1.54) is 0 Å². The molecule has 0 aromatic carbocycles. The highest BCUT2D eigenvalue weighted by atomic mass is 31.0. The van der Waals surface area contributed by atoms with E-state index in [0.29, 0.717) is 11.3 Å². The molecule has 0 radical (unpaired) electrons. The van der Waals surface area contributed by atoms with Crippen molar-refractivity contribution in [1.29, 1.82) is 0 Å². The predicted octanol–water partition coefficient (Wildman–Crippen LogP) is 0.678. The van der Waals surface area contributed by atoms with Gasteiger partial charge in [-0.3, -0.25) is 0 Å². The Morgan fingerprint density at radius 1 is 1.78 bits per heavy atom. The van der Waals surface area contributed by atoms with E-state index in [-0.39, 0.29) is 5.97 Å². The summed E-state index contributed by atoms with van der Waals surface area (Å²) in [4.78, 5) is 14.4. The summed E-state index contributed by atoms with van der Waals surface area (Å²) in [6.07, 6.45) is 1.61. The van der Waals surface area contributed by atoms with Gasteiger partial charge in [-0.05, 0) is 16.2 Å². The number of carbonyl (C=O) groups excluding carboxylic acids is 1. The van der Waals surface area contributed by atoms with Crippen molar-refractivity contribution < 1.29 is 9.53 Å². The normalized spacial score (nSPS) is 22.2. The molecule has 0 saturated heterocycles. The van der Waals surface area contributed by atoms with Gasteiger partial charge in [0.05, 0.1) is 0 Å². The van der Waals surface area contributed by atoms with Gasteiger partial charge in [0.15, 0.2) is 0 Å². The number of hydrogen-bond donors (Lipinski definition) is 0. The molecule has 0 aliphatic carbocycles. The van der Waals surface area contributed by atoms with Gasteiger partial charge in [0.25, 0.3) is 0 Å². The summed E-state index contributed by atoms with van der Waals surface area (Å²) in [6, 6.07) is 0. The molecule has 0 N–H and O–H groups in total. The molecule has 0 bridgehead atoms. The van der Waals surface area contributed by atoms with Gasteiger partial charge >= 0.3 is 5.97 Å². The van der Waals surface area contributed by atoms with E-state index in [9.17, 15) is 4.79 Å². The van der Waals surface area contributed by atoms with E-state index in [0.717, 1.165) is 0 Å². The number of carbonyl (C=O) groups is 1. The standard InChI is InChI=1S/C5H6NO2P/c1-2-3-4(7)8-5(9)6-3/h2H,9H2,1H3/b3-2-. The summed E-state index contributed by atoms with van der Waals surface area (Å²) in [5.74, 6) is -0.373. The molecule has 0 aromatic heterocycles. The number of cyclic esters (lactones) is 1. The van der Waals surface area contributed by atoms with Crippen molar-refractivity contribution in [3.05, 3.63) is 11.8 Å². The van der Waals surface area contributed by atoms with Gasteiger partial charge in [-0.1, -0.05) is 6.08 Å². The Labute approximate surface area is 55.0 Å². The maximum Gasteiger partial charge on any atom is 0.363 e. The predicted molar refractivity (Wildman–Crippen MR) is 37.0 cm³/mol. The fraction of sp³-hybridized carbons (Fsp3) is 0.200. The van der Waals surface area contributed by atoms with Crippen molar-refractivity contribution >= 4 is 20.8 Å². The zero-order chi connectivity index (χ0) is 6.85. The van der Waals surface area contributed by atoms with Crippen LogP contribution >= 0.6 is 9.24 Å². The number of esters is 1. The summed E-state index contributed by atoms with van der Waals surface area (Å²) in [7, 11) is 2.22. The lowest BCUT2D eigenvalue weighted by Gasteiger charge is -1.85. The second kappa shape index (κ2) is 2.28. The lowest BCUT2D eigenvalue weighted by molar-refractivity contribution is -0.129. The molecule has 1 atom stereocenters. The first kappa shape index (κ1) is 6.43. The number of allylic oxidation sites excluding steroid dienone is 1. The maximum atomic E-state index is 10.6. The molecular weight excluding hydrogens is 137 g/mol. The van der Waals surface area contributed by atoms with Crippen LogP contribution in [0.1, 0.15) is 6.92 Å². The molecule has 0 fully saturated rings. The van der Waals surface area contributed by atoms with Crippen molar-refractivity contribution in [2.75, 3.05) is 0 Å². The molecular formula is C5H6NO2P. The minimum atomic E-state index is -0.373. The summed E-state index contributed by atoms with van der Waals surface area (Å²) < 4.78 is 4.57. The van der Waals surface area contributed by atoms with E-state index in [1.807, 2.05) is 0 Å². The molecule has 0 aromatic rings. The summed E-state index contributed by atoms with van der Waals surface area (Å²) in [5.41, 5.74) is 0.716. The van der Waals surface area contributed by atoms with Gasteiger partial charge < -0.3 is 4.74 Å². The zero-order valence-electron chi connectivity index (χ0n) is 4.92. The van der Waals surface area contributed by atoms with Crippen LogP contribution < -0.4 is 0 Å². The fourth-order valence-electron chi connectivity index (χ4n) is 0.517. The molecule has 48 valence electrons. The van der Waals surface area contributed by atoms with Crippen LogP contribution in [-0.2, 0) is 9.53 Å². The second-order valence-corrected chi connectivity index (χ2v) is 2.01. The molecule has 1 aliphatic rings. The molecule has 0 spiro atoms. The van der Waals surface area contributed by atoms with E-state index >= 15 is 0 Å². The van der Waals surface area contributed by atoms with E-state index < -0.39 is 0 Å². The molecule has 1 aliphatic heterocycles. The third-order valence-corrected chi connectivity index (χ3v) is 1.16. The minimum Gasteiger partial charge on any atom is -0.403 e. The SMILES string of the molecule is C/C=C1\N=C(P)OC1=O. The Balaban J connectivity index is 2.89. The number of ether oxygens (including phenoxy) is 1. The molecule has 4 heteroatoms. The Hall–Kier alpha value is -0.690. The highest BCUT2D eigenvalue weighted by Crippen LogP contribution is 2.12. The number of nitrogens with zero attached hydrogens (tertiary/aromatic N) is 1. The van der Waals surface area contributed by atoms with Crippen molar-refractivity contribution in [2.24, 2.45) is 4.99 Å². The molecule has 9 heavy (non-hydrogen) atoms. The van der Waals surface area contributed by atoms with Crippen LogP contribution in [0, 0.1) is 0 Å². The Bertz CT molecular complexity index is 207. The van der Waals surface area contributed by atoms with Crippen LogP contribution in [0.25, 0.3) is 0 Å². The third kappa shape index (κ3) is 1.16. The maximum absolute atomic E-state index is 10.6. The van der Waals surface area contributed by atoms with Crippen molar-refractivity contribution in [2.45, 2.75) is 6.92 Å². The fourth-order valence-corrected chi connectivity index (χ4v) is 0.763. The third-order valence-electron chi connectivity index (χ3n) is 0.910. The molecule has 3 nitrogen and oxygen atoms in total. The lowest BCUT2D eigenvalue weighted by atomic mass is 10.4. The van der Waals surface area contributed by atoms with Crippen LogP contribution in [0.4, 0.5) is 0 Å². The van der Waals surface area contributed by atoms with Crippen LogP contribution in [0.2, 0.25) is 0 Å². The van der Waals surface area contributed by atoms with Crippen LogP contribution in [-0.4, -0.2) is 11.6 Å². The van der Waals surface area contributed by atoms with Crippen LogP contribution in [0.3, 0.4) is 0 Å². The summed E-state index contributed by atoms with van der Waals surface area (Å²) >= 11 is 0. The Kier molecular flexibility index (Phi) is 1.63. The minimum absolute atomic E-state index is 0.341. The van der Waals surface area contributed by atoms with Gasteiger partial charge in [0, 0.05) is 0 Å². The second-order valence-electron chi connectivity index (χ2n) is 1.51. The van der Waals surface area contributed by atoms with E-state index in [1.54, 1.807) is 13.0 Å². The van der Waals surface area contributed by atoms with Crippen LogP contribution in [0.15, 0.2) is 16.8 Å². The number of rotatable bonds is 0. The van der Waals surface area contributed by atoms with Gasteiger partial charge in [-0.15, -0.1) is 0 Å². The van der Waals surface area contributed by atoms with Gasteiger partial charge in [0.2, 0.25) is 5.64 Å². The first-order chi connectivity index (χ1) is 4.24. The average Bonchev–Trinajstić information content (AvgIpc) is 2.10. The molecule has 1 heterocycles. The highest BCUT2D eigenvalue weighted by molar-refractivity contribution is 7.40. The van der Waals surface area contributed by atoms with Gasteiger partial charge in [-0.2, -0.15) is 0 Å². The van der Waals surface area contributed by atoms with Gasteiger partial charge in [-0.25, -0.2) is 9.79 Å². The molecule has 0 saturated carbocycles. The lowest BCUT2D eigenvalue weighted by Crippen LogP contribution is -1.97. The Morgan fingerprint density at radius 3 is 2.67 bits per heavy atom. The van der Waals surface area contributed by atoms with Crippen molar-refractivity contribution in [3.8, 4) is 0 Å². The van der Waals surface area contributed by atoms with Crippen molar-refractivity contribution in [3.63, 3.8) is 0 Å². The van der Waals surface area contributed by atoms with Gasteiger partial charge in [0.1, 0.15) is 5.70 Å². The molecule has 0 amide bonds. The highest BCUT2D eigenvalue weighted by Gasteiger charge is 2.17. The topological polar surface area (TPSA) is 38.7 Å². The monoisotopic (exact) mass is 143 g/mol. The van der Waals surface area contributed by atoms with E-state index in [4.69, 9.17) is 0 Å².